The molecule has 2 saturated heterocycles. The van der Waals surface area contributed by atoms with Gasteiger partial charge < -0.3 is 14.6 Å². The van der Waals surface area contributed by atoms with Gasteiger partial charge in [-0.3, -0.25) is 14.5 Å². The number of hydrogen-bond donors (Lipinski definition) is 1. The predicted molar refractivity (Wildman–Crippen MR) is 97.0 cm³/mol. The lowest BCUT2D eigenvalue weighted by Crippen LogP contribution is -2.44. The molecule has 2 aliphatic rings. The van der Waals surface area contributed by atoms with Gasteiger partial charge in [-0.2, -0.15) is 0 Å². The monoisotopic (exact) mass is 405 g/mol. The largest absolute Gasteiger partial charge is 0.507 e. The number of Topliss-reactive ketones (excluding diaryl/α,β-unsaturated/α-hetero) is 1. The van der Waals surface area contributed by atoms with Gasteiger partial charge in [0.2, 0.25) is 5.13 Å². The fourth-order valence-corrected chi connectivity index (χ4v) is 3.92. The number of aliphatic hydroxyl groups excluding tert-OH is 1. The van der Waals surface area contributed by atoms with Crippen molar-refractivity contribution in [1.82, 2.24) is 10.2 Å². The smallest absolute Gasteiger partial charge is 0.301 e. The van der Waals surface area contributed by atoms with Crippen LogP contribution in [0, 0.1) is 5.82 Å². The summed E-state index contributed by atoms with van der Waals surface area (Å²) in [7, 11) is 0. The van der Waals surface area contributed by atoms with Crippen molar-refractivity contribution < 1.29 is 28.6 Å². The van der Waals surface area contributed by atoms with Crippen LogP contribution in [0.2, 0.25) is 0 Å². The fraction of sp³-hybridized carbons (Fsp3) is 0.333. The molecule has 28 heavy (non-hydrogen) atoms. The normalized spacial score (nSPS) is 26.2. The van der Waals surface area contributed by atoms with E-state index in [2.05, 4.69) is 10.2 Å². The fourth-order valence-electron chi connectivity index (χ4n) is 3.33. The van der Waals surface area contributed by atoms with Crippen molar-refractivity contribution in [3.8, 4) is 0 Å². The number of benzene rings is 1. The maximum absolute atomic E-state index is 13.2. The number of amides is 1. The molecule has 8 nitrogen and oxygen atoms in total. The van der Waals surface area contributed by atoms with Crippen molar-refractivity contribution in [2.75, 3.05) is 11.5 Å². The van der Waals surface area contributed by atoms with E-state index >= 15 is 0 Å². The Balaban J connectivity index is 1.85. The summed E-state index contributed by atoms with van der Waals surface area (Å²) in [6.45, 7) is 3.53. The molecule has 2 atom stereocenters. The first-order valence-electron chi connectivity index (χ1n) is 8.43. The third-order valence-corrected chi connectivity index (χ3v) is 5.23. The topological polar surface area (TPSA) is 102 Å². The third kappa shape index (κ3) is 3.09. The number of carbonyl (C=O) groups excluding carboxylic acids is 2. The van der Waals surface area contributed by atoms with Gasteiger partial charge in [0.05, 0.1) is 12.2 Å². The van der Waals surface area contributed by atoms with E-state index in [4.69, 9.17) is 9.47 Å². The standard InChI is InChI=1S/C18H16FN3O5S/c1-18(2)26-7-11(27-18)13-12(14(23)9-3-5-10(19)6-4-9)15(24)16(25)22(13)17-21-20-8-28-17/h3-6,8,11,13,23H,7H2,1-2H3/b14-12+. The zero-order chi connectivity index (χ0) is 20.1. The van der Waals surface area contributed by atoms with E-state index in [1.807, 2.05) is 0 Å². The van der Waals surface area contributed by atoms with Crippen LogP contribution in [0.1, 0.15) is 19.4 Å². The Bertz CT molecular complexity index is 958. The molecule has 3 heterocycles. The van der Waals surface area contributed by atoms with Crippen molar-refractivity contribution in [1.29, 1.82) is 0 Å². The van der Waals surface area contributed by atoms with Gasteiger partial charge in [-0.25, -0.2) is 4.39 Å². The lowest BCUT2D eigenvalue weighted by molar-refractivity contribution is -0.140. The average Bonchev–Trinajstić information content (AvgIpc) is 3.35. The van der Waals surface area contributed by atoms with Crippen molar-refractivity contribution in [2.45, 2.75) is 31.8 Å². The molecule has 2 fully saturated rings. The minimum atomic E-state index is -0.959. The van der Waals surface area contributed by atoms with Crippen molar-refractivity contribution in [3.63, 3.8) is 0 Å². The van der Waals surface area contributed by atoms with Crippen molar-refractivity contribution in [2.24, 2.45) is 0 Å². The zero-order valence-electron chi connectivity index (χ0n) is 15.0. The van der Waals surface area contributed by atoms with Crippen LogP contribution in [0.5, 0.6) is 0 Å². The summed E-state index contributed by atoms with van der Waals surface area (Å²) < 4.78 is 24.7. The van der Waals surface area contributed by atoms with Crippen LogP contribution in [0.15, 0.2) is 35.3 Å². The number of aliphatic hydroxyl groups is 1. The Morgan fingerprint density at radius 1 is 1.32 bits per heavy atom. The Kier molecular flexibility index (Phi) is 4.48. The first-order valence-corrected chi connectivity index (χ1v) is 9.31. The number of rotatable bonds is 3. The van der Waals surface area contributed by atoms with E-state index < -0.39 is 41.2 Å². The molecule has 1 aromatic carbocycles. The molecule has 0 spiro atoms. The van der Waals surface area contributed by atoms with E-state index in [0.29, 0.717) is 0 Å². The van der Waals surface area contributed by atoms with Crippen LogP contribution in [0.4, 0.5) is 9.52 Å². The highest BCUT2D eigenvalue weighted by Crippen LogP contribution is 2.39. The summed E-state index contributed by atoms with van der Waals surface area (Å²) in [6, 6.07) is 4.01. The van der Waals surface area contributed by atoms with Crippen LogP contribution in [-0.2, 0) is 19.1 Å². The van der Waals surface area contributed by atoms with E-state index in [9.17, 15) is 19.1 Å². The van der Waals surface area contributed by atoms with Crippen LogP contribution in [-0.4, -0.2) is 51.5 Å². The second kappa shape index (κ2) is 6.73. The second-order valence-electron chi connectivity index (χ2n) is 6.81. The van der Waals surface area contributed by atoms with Gasteiger partial charge in [0.1, 0.15) is 29.2 Å². The molecule has 4 rings (SSSR count). The highest BCUT2D eigenvalue weighted by atomic mass is 32.1. The molecule has 1 amide bonds. The predicted octanol–water partition coefficient (Wildman–Crippen LogP) is 2.08. The van der Waals surface area contributed by atoms with Gasteiger partial charge in [0.15, 0.2) is 5.79 Å². The number of ether oxygens (including phenoxy) is 2. The number of carbonyl (C=O) groups is 2. The second-order valence-corrected chi connectivity index (χ2v) is 7.62. The summed E-state index contributed by atoms with van der Waals surface area (Å²) in [5.41, 5.74) is 1.50. The number of anilines is 1. The Hall–Kier alpha value is -2.69. The van der Waals surface area contributed by atoms with Crippen molar-refractivity contribution >= 4 is 33.9 Å². The molecule has 146 valence electrons. The zero-order valence-corrected chi connectivity index (χ0v) is 15.8. The summed E-state index contributed by atoms with van der Waals surface area (Å²) in [5.74, 6) is -3.54. The SMILES string of the molecule is CC1(C)OCC(C2/C(=C(\O)c3ccc(F)cc3)C(=O)C(=O)N2c2nncs2)O1. The summed E-state index contributed by atoms with van der Waals surface area (Å²) in [5, 5.41) is 18.6. The minimum absolute atomic E-state index is 0.105. The lowest BCUT2D eigenvalue weighted by atomic mass is 9.97. The Morgan fingerprint density at radius 3 is 2.61 bits per heavy atom. The molecule has 10 heteroatoms. The molecule has 1 N–H and O–H groups in total. The number of hydrogen-bond acceptors (Lipinski definition) is 8. The summed E-state index contributed by atoms with van der Waals surface area (Å²) in [6.07, 6.45) is -0.716. The molecule has 0 aliphatic carbocycles. The number of aromatic nitrogens is 2. The van der Waals surface area contributed by atoms with Gasteiger partial charge in [0, 0.05) is 5.56 Å². The lowest BCUT2D eigenvalue weighted by Gasteiger charge is -2.27. The molecule has 0 radical (unpaired) electrons. The molecule has 0 bridgehead atoms. The maximum atomic E-state index is 13.2. The highest BCUT2D eigenvalue weighted by Gasteiger charge is 2.54. The average molecular weight is 405 g/mol. The molecular formula is C18H16FN3O5S. The number of nitrogens with zero attached hydrogens (tertiary/aromatic N) is 3. The Morgan fingerprint density at radius 2 is 2.04 bits per heavy atom. The van der Waals surface area contributed by atoms with Gasteiger partial charge >= 0.3 is 5.91 Å². The highest BCUT2D eigenvalue weighted by molar-refractivity contribution is 7.13. The van der Waals surface area contributed by atoms with Crippen LogP contribution >= 0.6 is 11.3 Å². The molecule has 0 saturated carbocycles. The Labute approximate surface area is 163 Å². The third-order valence-electron chi connectivity index (χ3n) is 4.54. The minimum Gasteiger partial charge on any atom is -0.507 e. The van der Waals surface area contributed by atoms with E-state index in [0.717, 1.165) is 23.5 Å². The van der Waals surface area contributed by atoms with Gasteiger partial charge in [0.25, 0.3) is 5.78 Å². The quantitative estimate of drug-likeness (QED) is 0.474. The van der Waals surface area contributed by atoms with Gasteiger partial charge in [-0.05, 0) is 38.1 Å². The first kappa shape index (κ1) is 18.7. The van der Waals surface area contributed by atoms with Crippen LogP contribution < -0.4 is 4.90 Å². The maximum Gasteiger partial charge on any atom is 0.301 e. The number of halogens is 1. The molecule has 1 aromatic heterocycles. The molecule has 2 unspecified atom stereocenters. The summed E-state index contributed by atoms with van der Waals surface area (Å²) in [4.78, 5) is 26.7. The summed E-state index contributed by atoms with van der Waals surface area (Å²) >= 11 is 1.08. The first-order chi connectivity index (χ1) is 13.3. The van der Waals surface area contributed by atoms with E-state index in [-0.39, 0.29) is 22.9 Å². The molecule has 2 aromatic rings. The van der Waals surface area contributed by atoms with Crippen LogP contribution in [0.3, 0.4) is 0 Å². The van der Waals surface area contributed by atoms with E-state index in [1.54, 1.807) is 13.8 Å². The number of ketones is 1. The van der Waals surface area contributed by atoms with E-state index in [1.165, 1.54) is 22.5 Å². The van der Waals surface area contributed by atoms with Gasteiger partial charge in [-0.15, -0.1) is 10.2 Å². The van der Waals surface area contributed by atoms with Crippen molar-refractivity contribution in [3.05, 3.63) is 46.7 Å². The van der Waals surface area contributed by atoms with Crippen LogP contribution in [0.25, 0.3) is 5.76 Å². The molecular weight excluding hydrogens is 389 g/mol. The molecule has 2 aliphatic heterocycles. The van der Waals surface area contributed by atoms with Gasteiger partial charge in [-0.1, -0.05) is 11.3 Å².